The Bertz CT molecular complexity index is 251. The van der Waals surface area contributed by atoms with Crippen molar-refractivity contribution in [3.05, 3.63) is 0 Å². The van der Waals surface area contributed by atoms with Gasteiger partial charge in [0.2, 0.25) is 0 Å². The molecule has 1 saturated heterocycles. The van der Waals surface area contributed by atoms with E-state index in [1.807, 2.05) is 0 Å². The molecule has 2 aliphatic rings. The van der Waals surface area contributed by atoms with Crippen LogP contribution in [0.2, 0.25) is 0 Å². The lowest BCUT2D eigenvalue weighted by molar-refractivity contribution is 0.0758. The summed E-state index contributed by atoms with van der Waals surface area (Å²) < 4.78 is 5.59. The average molecular weight is 282 g/mol. The monoisotopic (exact) mass is 282 g/mol. The molecule has 3 heteroatoms. The van der Waals surface area contributed by atoms with E-state index >= 15 is 0 Å². The fraction of sp³-hybridized carbons (Fsp3) is 1.00. The fourth-order valence-electron chi connectivity index (χ4n) is 3.80. The molecule has 2 N–H and O–H groups in total. The lowest BCUT2D eigenvalue weighted by Gasteiger charge is -2.33. The highest BCUT2D eigenvalue weighted by Crippen LogP contribution is 2.31. The molecule has 3 unspecified atom stereocenters. The zero-order valence-electron chi connectivity index (χ0n) is 13.5. The number of ether oxygens (including phenoxy) is 1. The Morgan fingerprint density at radius 3 is 2.75 bits per heavy atom. The summed E-state index contributed by atoms with van der Waals surface area (Å²) in [5.41, 5.74) is 0. The Labute approximate surface area is 125 Å². The normalized spacial score (nSPS) is 31.1. The van der Waals surface area contributed by atoms with Gasteiger partial charge in [-0.15, -0.1) is 0 Å². The SMILES string of the molecule is CC(C)OCCCCNC1CCCC1C1CCCCN1. The van der Waals surface area contributed by atoms with E-state index in [9.17, 15) is 0 Å². The maximum atomic E-state index is 5.59. The second-order valence-electron chi connectivity index (χ2n) is 6.84. The average Bonchev–Trinajstić information content (AvgIpc) is 2.92. The van der Waals surface area contributed by atoms with E-state index in [0.717, 1.165) is 31.2 Å². The van der Waals surface area contributed by atoms with Gasteiger partial charge >= 0.3 is 0 Å². The number of piperidine rings is 1. The molecular formula is C17H34N2O. The molecule has 0 radical (unpaired) electrons. The van der Waals surface area contributed by atoms with Crippen molar-refractivity contribution in [1.82, 2.24) is 10.6 Å². The van der Waals surface area contributed by atoms with Gasteiger partial charge in [-0.3, -0.25) is 0 Å². The molecule has 1 aliphatic carbocycles. The van der Waals surface area contributed by atoms with Crippen molar-refractivity contribution < 1.29 is 4.74 Å². The first kappa shape index (κ1) is 16.3. The van der Waals surface area contributed by atoms with Gasteiger partial charge in [0.05, 0.1) is 6.10 Å². The lowest BCUT2D eigenvalue weighted by atomic mass is 9.88. The van der Waals surface area contributed by atoms with Crippen LogP contribution in [0.1, 0.15) is 65.2 Å². The molecule has 0 bridgehead atoms. The molecule has 20 heavy (non-hydrogen) atoms. The molecule has 0 aromatic rings. The summed E-state index contributed by atoms with van der Waals surface area (Å²) in [5, 5.41) is 7.58. The van der Waals surface area contributed by atoms with E-state index in [-0.39, 0.29) is 0 Å². The molecule has 0 amide bonds. The molecule has 118 valence electrons. The van der Waals surface area contributed by atoms with Crippen LogP contribution >= 0.6 is 0 Å². The first-order valence-corrected chi connectivity index (χ1v) is 8.85. The van der Waals surface area contributed by atoms with Crippen molar-refractivity contribution >= 4 is 0 Å². The molecule has 2 rings (SSSR count). The van der Waals surface area contributed by atoms with Crippen molar-refractivity contribution in [1.29, 1.82) is 0 Å². The van der Waals surface area contributed by atoms with E-state index in [4.69, 9.17) is 4.74 Å². The second-order valence-corrected chi connectivity index (χ2v) is 6.84. The van der Waals surface area contributed by atoms with Crippen LogP contribution < -0.4 is 10.6 Å². The predicted molar refractivity (Wildman–Crippen MR) is 85.1 cm³/mol. The predicted octanol–water partition coefficient (Wildman–Crippen LogP) is 3.09. The molecule has 2 fully saturated rings. The zero-order valence-corrected chi connectivity index (χ0v) is 13.5. The summed E-state index contributed by atoms with van der Waals surface area (Å²) in [6.45, 7) is 7.53. The third-order valence-corrected chi connectivity index (χ3v) is 4.86. The second kappa shape index (κ2) is 9.01. The van der Waals surface area contributed by atoms with E-state index in [2.05, 4.69) is 24.5 Å². The van der Waals surface area contributed by atoms with Crippen LogP contribution in [-0.2, 0) is 4.74 Å². The molecule has 1 saturated carbocycles. The van der Waals surface area contributed by atoms with E-state index in [0.29, 0.717) is 6.10 Å². The standard InChI is InChI=1S/C17H34N2O/c1-14(2)20-13-6-5-12-19-17-10-7-8-15(17)16-9-3-4-11-18-16/h14-19H,3-13H2,1-2H3. The Morgan fingerprint density at radius 2 is 2.00 bits per heavy atom. The highest BCUT2D eigenvalue weighted by molar-refractivity contribution is 4.92. The fourth-order valence-corrected chi connectivity index (χ4v) is 3.80. The molecule has 3 atom stereocenters. The Kier molecular flexibility index (Phi) is 7.32. The van der Waals surface area contributed by atoms with Crippen LogP contribution in [0.3, 0.4) is 0 Å². The topological polar surface area (TPSA) is 33.3 Å². The Balaban J connectivity index is 1.59. The van der Waals surface area contributed by atoms with Gasteiger partial charge in [-0.05, 0) is 71.4 Å². The van der Waals surface area contributed by atoms with Gasteiger partial charge in [0, 0.05) is 18.7 Å². The van der Waals surface area contributed by atoms with Gasteiger partial charge in [0.1, 0.15) is 0 Å². The van der Waals surface area contributed by atoms with Crippen molar-refractivity contribution in [3.63, 3.8) is 0 Å². The first-order chi connectivity index (χ1) is 9.77. The van der Waals surface area contributed by atoms with Gasteiger partial charge in [0.15, 0.2) is 0 Å². The smallest absolute Gasteiger partial charge is 0.0518 e. The van der Waals surface area contributed by atoms with Crippen molar-refractivity contribution in [3.8, 4) is 0 Å². The number of hydrogen-bond acceptors (Lipinski definition) is 3. The zero-order chi connectivity index (χ0) is 14.2. The van der Waals surface area contributed by atoms with Crippen LogP contribution in [0.25, 0.3) is 0 Å². The molecule has 1 aliphatic heterocycles. The van der Waals surface area contributed by atoms with Gasteiger partial charge < -0.3 is 15.4 Å². The Morgan fingerprint density at radius 1 is 1.10 bits per heavy atom. The quantitative estimate of drug-likeness (QED) is 0.671. The minimum Gasteiger partial charge on any atom is -0.379 e. The molecule has 1 heterocycles. The third-order valence-electron chi connectivity index (χ3n) is 4.86. The summed E-state index contributed by atoms with van der Waals surface area (Å²) >= 11 is 0. The molecule has 0 aromatic carbocycles. The van der Waals surface area contributed by atoms with Crippen LogP contribution in [0.4, 0.5) is 0 Å². The maximum absolute atomic E-state index is 5.59. The minimum absolute atomic E-state index is 0.375. The van der Waals surface area contributed by atoms with Crippen LogP contribution in [0, 0.1) is 5.92 Å². The Hall–Kier alpha value is -0.120. The van der Waals surface area contributed by atoms with Gasteiger partial charge in [-0.2, -0.15) is 0 Å². The van der Waals surface area contributed by atoms with Gasteiger partial charge in [-0.1, -0.05) is 12.8 Å². The van der Waals surface area contributed by atoms with E-state index in [1.54, 1.807) is 0 Å². The van der Waals surface area contributed by atoms with E-state index in [1.165, 1.54) is 57.9 Å². The summed E-state index contributed by atoms with van der Waals surface area (Å²) in [6, 6.07) is 1.55. The number of unbranched alkanes of at least 4 members (excludes halogenated alkanes) is 1. The minimum atomic E-state index is 0.375. The van der Waals surface area contributed by atoms with Gasteiger partial charge in [-0.25, -0.2) is 0 Å². The summed E-state index contributed by atoms with van der Waals surface area (Å²) in [6.07, 6.45) is 11.2. The van der Waals surface area contributed by atoms with Crippen molar-refractivity contribution in [2.75, 3.05) is 19.7 Å². The maximum Gasteiger partial charge on any atom is 0.0518 e. The lowest BCUT2D eigenvalue weighted by Crippen LogP contribution is -2.47. The van der Waals surface area contributed by atoms with E-state index < -0.39 is 0 Å². The summed E-state index contributed by atoms with van der Waals surface area (Å²) in [5.74, 6) is 0.877. The van der Waals surface area contributed by atoms with Gasteiger partial charge in [0.25, 0.3) is 0 Å². The molecule has 0 spiro atoms. The third kappa shape index (κ3) is 5.34. The number of nitrogens with one attached hydrogen (secondary N) is 2. The molecule has 0 aromatic heterocycles. The summed E-state index contributed by atoms with van der Waals surface area (Å²) in [4.78, 5) is 0. The van der Waals surface area contributed by atoms with Crippen molar-refractivity contribution in [2.24, 2.45) is 5.92 Å². The first-order valence-electron chi connectivity index (χ1n) is 8.85. The highest BCUT2D eigenvalue weighted by atomic mass is 16.5. The molecule has 3 nitrogen and oxygen atoms in total. The van der Waals surface area contributed by atoms with Crippen molar-refractivity contribution in [2.45, 2.75) is 83.4 Å². The number of rotatable bonds is 8. The largest absolute Gasteiger partial charge is 0.379 e. The van der Waals surface area contributed by atoms with Crippen LogP contribution in [-0.4, -0.2) is 37.9 Å². The molecular weight excluding hydrogens is 248 g/mol. The van der Waals surface area contributed by atoms with Crippen LogP contribution in [0.5, 0.6) is 0 Å². The number of hydrogen-bond donors (Lipinski definition) is 2. The highest BCUT2D eigenvalue weighted by Gasteiger charge is 2.33. The summed E-state index contributed by atoms with van der Waals surface area (Å²) in [7, 11) is 0. The van der Waals surface area contributed by atoms with Crippen LogP contribution in [0.15, 0.2) is 0 Å².